The van der Waals surface area contributed by atoms with Crippen LogP contribution in [0.4, 0.5) is 29.5 Å². The number of thiazole rings is 1. The molecule has 1 aliphatic heterocycles. The third-order valence-electron chi connectivity index (χ3n) is 6.54. The van der Waals surface area contributed by atoms with E-state index in [-0.39, 0.29) is 29.3 Å². The summed E-state index contributed by atoms with van der Waals surface area (Å²) in [6.45, 7) is -0.112. The maximum atomic E-state index is 14.4. The molecule has 0 spiro atoms. The van der Waals surface area contributed by atoms with Crippen molar-refractivity contribution in [3.05, 3.63) is 75.8 Å². The van der Waals surface area contributed by atoms with E-state index in [1.165, 1.54) is 52.1 Å². The van der Waals surface area contributed by atoms with Gasteiger partial charge in [-0.1, -0.05) is 35.9 Å². The summed E-state index contributed by atoms with van der Waals surface area (Å²) in [7, 11) is 0. The maximum Gasteiger partial charge on any atom is 0.415 e. The minimum absolute atomic E-state index is 0.0458. The smallest absolute Gasteiger partial charge is 0.415 e. The Morgan fingerprint density at radius 2 is 2.00 bits per heavy atom. The lowest BCUT2D eigenvalue weighted by Crippen LogP contribution is -2.54. The molecule has 0 unspecified atom stereocenters. The standard InChI is InChI=1S/C26H22ClF3N4O4S/c27-20-7-2-1-6-19(20)23(24(36)32-16-10-26(29,30)11-16)34(17-5-3-4-15(28)8-17)22(35)9-18-12-38-25(37)33(18)21-13-39-14-31-21/h1-8,13-14,16,18,23H,9-12H2,(H,32,36)/t18-,23-/m0/s1. The lowest BCUT2D eigenvalue weighted by atomic mass is 9.87. The second-order valence-electron chi connectivity index (χ2n) is 9.29. The SMILES string of the molecule is O=C(NC1CC(F)(F)C1)[C@H](c1ccccc1Cl)N(C(=O)C[C@H]1COC(=O)N1c1cscn1)c1cccc(F)c1. The monoisotopic (exact) mass is 578 g/mol. The van der Waals surface area contributed by atoms with Crippen molar-refractivity contribution in [3.63, 3.8) is 0 Å². The summed E-state index contributed by atoms with van der Waals surface area (Å²) in [6.07, 6.45) is -2.06. The molecule has 1 aromatic heterocycles. The first kappa shape index (κ1) is 26.9. The molecule has 3 aromatic rings. The van der Waals surface area contributed by atoms with Crippen molar-refractivity contribution in [1.82, 2.24) is 10.3 Å². The van der Waals surface area contributed by atoms with Crippen molar-refractivity contribution in [2.45, 2.75) is 43.3 Å². The maximum absolute atomic E-state index is 14.4. The van der Waals surface area contributed by atoms with Gasteiger partial charge in [-0.25, -0.2) is 22.9 Å². The first-order valence-corrected chi connectivity index (χ1v) is 13.3. The van der Waals surface area contributed by atoms with Crippen LogP contribution < -0.4 is 15.1 Å². The zero-order chi connectivity index (χ0) is 27.7. The van der Waals surface area contributed by atoms with Gasteiger partial charge in [0.2, 0.25) is 11.8 Å². The number of anilines is 2. The van der Waals surface area contributed by atoms with E-state index in [1.54, 1.807) is 17.5 Å². The fourth-order valence-electron chi connectivity index (χ4n) is 4.72. The number of carbonyl (C=O) groups excluding carboxylic acids is 3. The van der Waals surface area contributed by atoms with Crippen LogP contribution in [0, 0.1) is 5.82 Å². The van der Waals surface area contributed by atoms with Gasteiger partial charge in [0.1, 0.15) is 24.3 Å². The molecule has 8 nitrogen and oxygen atoms in total. The molecule has 1 saturated heterocycles. The number of alkyl halides is 2. The van der Waals surface area contributed by atoms with Crippen LogP contribution in [0.5, 0.6) is 0 Å². The molecule has 1 aliphatic carbocycles. The van der Waals surface area contributed by atoms with Crippen LogP contribution in [0.2, 0.25) is 5.02 Å². The fourth-order valence-corrected chi connectivity index (χ4v) is 5.48. The predicted molar refractivity (Wildman–Crippen MR) is 139 cm³/mol. The van der Waals surface area contributed by atoms with Gasteiger partial charge in [0.25, 0.3) is 5.92 Å². The van der Waals surface area contributed by atoms with Crippen molar-refractivity contribution >= 4 is 52.4 Å². The number of hydrogen-bond acceptors (Lipinski definition) is 6. The molecule has 39 heavy (non-hydrogen) atoms. The number of cyclic esters (lactones) is 1. The molecule has 2 atom stereocenters. The van der Waals surface area contributed by atoms with Crippen molar-refractivity contribution in [2.24, 2.45) is 0 Å². The first-order valence-electron chi connectivity index (χ1n) is 12.0. The van der Waals surface area contributed by atoms with E-state index in [0.717, 1.165) is 11.0 Å². The molecule has 0 radical (unpaired) electrons. The molecule has 1 N–H and O–H groups in total. The van der Waals surface area contributed by atoms with Gasteiger partial charge in [-0.3, -0.25) is 19.4 Å². The average molecular weight is 579 g/mol. The molecule has 13 heteroatoms. The van der Waals surface area contributed by atoms with Gasteiger partial charge in [0.15, 0.2) is 0 Å². The molecule has 2 aliphatic rings. The highest BCUT2D eigenvalue weighted by molar-refractivity contribution is 7.07. The molecular weight excluding hydrogens is 557 g/mol. The molecule has 2 heterocycles. The first-order chi connectivity index (χ1) is 18.6. The van der Waals surface area contributed by atoms with Gasteiger partial charge in [0, 0.05) is 40.5 Å². The molecule has 2 aromatic carbocycles. The number of halogens is 4. The van der Waals surface area contributed by atoms with Gasteiger partial charge in [-0.15, -0.1) is 11.3 Å². The topological polar surface area (TPSA) is 91.8 Å². The number of carbonyl (C=O) groups is 3. The van der Waals surface area contributed by atoms with E-state index in [9.17, 15) is 27.6 Å². The Morgan fingerprint density at radius 3 is 2.67 bits per heavy atom. The number of nitrogens with one attached hydrogen (secondary N) is 1. The summed E-state index contributed by atoms with van der Waals surface area (Å²) >= 11 is 7.70. The highest BCUT2D eigenvalue weighted by Crippen LogP contribution is 2.39. The normalized spacial score (nSPS) is 19.2. The summed E-state index contributed by atoms with van der Waals surface area (Å²) < 4.78 is 46.6. The number of amides is 3. The molecule has 5 rings (SSSR count). The van der Waals surface area contributed by atoms with Crippen molar-refractivity contribution in [3.8, 4) is 0 Å². The van der Waals surface area contributed by atoms with Crippen molar-refractivity contribution in [2.75, 3.05) is 16.4 Å². The fraction of sp³-hybridized carbons (Fsp3) is 0.308. The number of benzene rings is 2. The van der Waals surface area contributed by atoms with E-state index >= 15 is 0 Å². The summed E-state index contributed by atoms with van der Waals surface area (Å²) in [6, 6.07) is 8.41. The molecule has 2 fully saturated rings. The quantitative estimate of drug-likeness (QED) is 0.390. The minimum atomic E-state index is -2.88. The van der Waals surface area contributed by atoms with E-state index in [4.69, 9.17) is 16.3 Å². The molecular formula is C26H22ClF3N4O4S. The Morgan fingerprint density at radius 1 is 1.23 bits per heavy atom. The number of hydrogen-bond donors (Lipinski definition) is 1. The molecule has 0 bridgehead atoms. The van der Waals surface area contributed by atoms with Crippen molar-refractivity contribution < 1.29 is 32.3 Å². The van der Waals surface area contributed by atoms with Crippen LogP contribution in [0.1, 0.15) is 30.9 Å². The Balaban J connectivity index is 1.52. The van der Waals surface area contributed by atoms with Crippen LogP contribution in [-0.4, -0.2) is 47.5 Å². The second kappa shape index (κ2) is 10.9. The summed E-state index contributed by atoms with van der Waals surface area (Å²) in [5, 5.41) is 4.36. The van der Waals surface area contributed by atoms with E-state index in [1.807, 2.05) is 0 Å². The van der Waals surface area contributed by atoms with Crippen LogP contribution in [0.15, 0.2) is 59.4 Å². The van der Waals surface area contributed by atoms with Gasteiger partial charge in [-0.05, 0) is 24.3 Å². The van der Waals surface area contributed by atoms with E-state index in [2.05, 4.69) is 10.3 Å². The van der Waals surface area contributed by atoms with Crippen molar-refractivity contribution in [1.29, 1.82) is 0 Å². The van der Waals surface area contributed by atoms with Gasteiger partial charge in [0.05, 0.1) is 18.0 Å². The van der Waals surface area contributed by atoms with Gasteiger partial charge in [-0.2, -0.15) is 0 Å². The van der Waals surface area contributed by atoms with Crippen LogP contribution in [-0.2, 0) is 14.3 Å². The van der Waals surface area contributed by atoms with E-state index in [0.29, 0.717) is 5.82 Å². The minimum Gasteiger partial charge on any atom is -0.447 e. The molecule has 3 amide bonds. The third kappa shape index (κ3) is 5.71. The van der Waals surface area contributed by atoms with Crippen LogP contribution in [0.25, 0.3) is 0 Å². The zero-order valence-electron chi connectivity index (χ0n) is 20.2. The van der Waals surface area contributed by atoms with Gasteiger partial charge < -0.3 is 10.1 Å². The predicted octanol–water partition coefficient (Wildman–Crippen LogP) is 5.34. The van der Waals surface area contributed by atoms with Crippen LogP contribution in [0.3, 0.4) is 0 Å². The van der Waals surface area contributed by atoms with E-state index < -0.39 is 60.6 Å². The number of aromatic nitrogens is 1. The summed E-state index contributed by atoms with van der Waals surface area (Å²) in [5.74, 6) is -4.64. The highest BCUT2D eigenvalue weighted by Gasteiger charge is 2.47. The molecule has 1 saturated carbocycles. The summed E-state index contributed by atoms with van der Waals surface area (Å²) in [5.41, 5.74) is 1.79. The largest absolute Gasteiger partial charge is 0.447 e. The Bertz CT molecular complexity index is 1390. The van der Waals surface area contributed by atoms with Gasteiger partial charge >= 0.3 is 6.09 Å². The molecule has 204 valence electrons. The Kier molecular flexibility index (Phi) is 7.50. The summed E-state index contributed by atoms with van der Waals surface area (Å²) in [4.78, 5) is 46.5. The zero-order valence-corrected chi connectivity index (χ0v) is 21.8. The lowest BCUT2D eigenvalue weighted by Gasteiger charge is -2.38. The average Bonchev–Trinajstić information content (AvgIpc) is 3.51. The van der Waals surface area contributed by atoms with Crippen LogP contribution >= 0.6 is 22.9 Å². The Hall–Kier alpha value is -3.64. The highest BCUT2D eigenvalue weighted by atomic mass is 35.5. The second-order valence-corrected chi connectivity index (χ2v) is 10.4. The Labute approximate surface area is 230 Å². The number of nitrogens with zero attached hydrogens (tertiary/aromatic N) is 3. The number of rotatable bonds is 8. The third-order valence-corrected chi connectivity index (χ3v) is 7.45. The number of ether oxygens (including phenoxy) is 1. The lowest BCUT2D eigenvalue weighted by molar-refractivity contribution is -0.132.